The summed E-state index contributed by atoms with van der Waals surface area (Å²) in [6.45, 7) is 1.87. The maximum Gasteiger partial charge on any atom is 0.262 e. The van der Waals surface area contributed by atoms with Crippen molar-refractivity contribution in [2.75, 3.05) is 0 Å². The Hall–Kier alpha value is -1.38. The summed E-state index contributed by atoms with van der Waals surface area (Å²) < 4.78 is 2.54. The van der Waals surface area contributed by atoms with Crippen LogP contribution in [0.4, 0.5) is 0 Å². The van der Waals surface area contributed by atoms with Crippen LogP contribution in [-0.2, 0) is 18.4 Å². The molecule has 0 saturated heterocycles. The molecule has 0 spiro atoms. The molecule has 2 aromatic rings. The number of carbonyl (C=O) groups is 2. The van der Waals surface area contributed by atoms with E-state index in [4.69, 9.17) is 11.6 Å². The van der Waals surface area contributed by atoms with Crippen molar-refractivity contribution in [3.63, 3.8) is 0 Å². The molecular formula is C13H14BrClN4O2S. The fraction of sp³-hybridized carbons (Fsp3) is 0.308. The van der Waals surface area contributed by atoms with E-state index in [9.17, 15) is 9.59 Å². The lowest BCUT2D eigenvalue weighted by molar-refractivity contribution is -0.122. The first-order chi connectivity index (χ1) is 10.4. The Kier molecular flexibility index (Phi) is 5.60. The monoisotopic (exact) mass is 404 g/mol. The molecule has 2 aromatic heterocycles. The summed E-state index contributed by atoms with van der Waals surface area (Å²) in [6.07, 6.45) is 1.52. The zero-order valence-corrected chi connectivity index (χ0v) is 15.1. The Morgan fingerprint density at radius 1 is 1.50 bits per heavy atom. The van der Waals surface area contributed by atoms with Gasteiger partial charge in [0, 0.05) is 7.05 Å². The molecule has 0 unspecified atom stereocenters. The smallest absolute Gasteiger partial charge is 0.262 e. The predicted molar refractivity (Wildman–Crippen MR) is 89.0 cm³/mol. The average Bonchev–Trinajstić information content (AvgIpc) is 3.04. The van der Waals surface area contributed by atoms with Gasteiger partial charge in [0.15, 0.2) is 0 Å². The number of amides is 2. The number of nitrogens with one attached hydrogen (secondary N) is 2. The molecule has 2 N–H and O–H groups in total. The van der Waals surface area contributed by atoms with Crippen LogP contribution in [0.15, 0.2) is 22.1 Å². The van der Waals surface area contributed by atoms with Gasteiger partial charge >= 0.3 is 0 Å². The van der Waals surface area contributed by atoms with Gasteiger partial charge in [-0.25, -0.2) is 4.98 Å². The quantitative estimate of drug-likeness (QED) is 0.801. The molecule has 0 bridgehead atoms. The highest BCUT2D eigenvalue weighted by Crippen LogP contribution is 2.21. The molecule has 6 nitrogen and oxygen atoms in total. The number of imidazole rings is 1. The molecule has 9 heteroatoms. The minimum atomic E-state index is -0.649. The fourth-order valence-corrected chi connectivity index (χ4v) is 3.11. The molecule has 0 aromatic carbocycles. The highest BCUT2D eigenvalue weighted by atomic mass is 79.9. The highest BCUT2D eigenvalue weighted by Gasteiger charge is 2.18. The van der Waals surface area contributed by atoms with E-state index in [0.717, 1.165) is 3.79 Å². The first-order valence-corrected chi connectivity index (χ1v) is 8.37. The fourth-order valence-electron chi connectivity index (χ4n) is 1.68. The minimum absolute atomic E-state index is 0.243. The highest BCUT2D eigenvalue weighted by molar-refractivity contribution is 9.11. The van der Waals surface area contributed by atoms with Crippen LogP contribution >= 0.6 is 38.9 Å². The zero-order chi connectivity index (χ0) is 16.3. The third-order valence-electron chi connectivity index (χ3n) is 2.99. The number of aromatic nitrogens is 2. The van der Waals surface area contributed by atoms with Crippen molar-refractivity contribution < 1.29 is 9.59 Å². The van der Waals surface area contributed by atoms with E-state index < -0.39 is 6.04 Å². The summed E-state index contributed by atoms with van der Waals surface area (Å²) >= 11 is 10.5. The normalized spacial score (nSPS) is 12.0. The van der Waals surface area contributed by atoms with Crippen molar-refractivity contribution >= 4 is 50.7 Å². The molecule has 0 aliphatic carbocycles. The average molecular weight is 406 g/mol. The summed E-state index contributed by atoms with van der Waals surface area (Å²) in [5.41, 5.74) is 0. The van der Waals surface area contributed by atoms with E-state index in [1.165, 1.54) is 17.5 Å². The summed E-state index contributed by atoms with van der Waals surface area (Å²) in [6, 6.07) is 2.84. The van der Waals surface area contributed by atoms with Crippen LogP contribution in [0.25, 0.3) is 0 Å². The lowest BCUT2D eigenvalue weighted by Crippen LogP contribution is -2.44. The van der Waals surface area contributed by atoms with E-state index in [1.807, 2.05) is 0 Å². The van der Waals surface area contributed by atoms with Crippen molar-refractivity contribution in [3.8, 4) is 0 Å². The van der Waals surface area contributed by atoms with Crippen molar-refractivity contribution in [1.82, 2.24) is 20.2 Å². The van der Waals surface area contributed by atoms with Gasteiger partial charge in [-0.05, 0) is 35.0 Å². The van der Waals surface area contributed by atoms with Crippen LogP contribution in [-0.4, -0.2) is 27.4 Å². The first-order valence-electron chi connectivity index (χ1n) is 6.38. The number of hydrogen-bond acceptors (Lipinski definition) is 4. The van der Waals surface area contributed by atoms with E-state index in [-0.39, 0.29) is 18.4 Å². The van der Waals surface area contributed by atoms with Crippen LogP contribution < -0.4 is 10.6 Å². The molecular weight excluding hydrogens is 392 g/mol. The number of rotatable bonds is 5. The summed E-state index contributed by atoms with van der Waals surface area (Å²) in [4.78, 5) is 28.6. The lowest BCUT2D eigenvalue weighted by Gasteiger charge is -2.13. The number of hydrogen-bond donors (Lipinski definition) is 2. The molecule has 0 aliphatic rings. The summed E-state index contributed by atoms with van der Waals surface area (Å²) in [5, 5.41) is 5.86. The third kappa shape index (κ3) is 4.08. The van der Waals surface area contributed by atoms with Crippen LogP contribution in [0.5, 0.6) is 0 Å². The molecule has 0 fully saturated rings. The van der Waals surface area contributed by atoms with Crippen molar-refractivity contribution in [1.29, 1.82) is 0 Å². The second-order valence-electron chi connectivity index (χ2n) is 4.57. The molecule has 22 heavy (non-hydrogen) atoms. The molecule has 0 saturated carbocycles. The number of carbonyl (C=O) groups excluding carboxylic acids is 2. The van der Waals surface area contributed by atoms with E-state index in [2.05, 4.69) is 31.5 Å². The molecule has 118 valence electrons. The third-order valence-corrected chi connectivity index (χ3v) is 4.96. The summed E-state index contributed by atoms with van der Waals surface area (Å²) in [7, 11) is 1.76. The van der Waals surface area contributed by atoms with Gasteiger partial charge < -0.3 is 15.2 Å². The van der Waals surface area contributed by atoms with Crippen LogP contribution in [0.3, 0.4) is 0 Å². The number of nitrogens with zero attached hydrogens (tertiary/aromatic N) is 2. The topological polar surface area (TPSA) is 76.0 Å². The van der Waals surface area contributed by atoms with Gasteiger partial charge in [0.05, 0.1) is 21.4 Å². The molecule has 2 rings (SSSR count). The maximum absolute atomic E-state index is 12.0. The Morgan fingerprint density at radius 2 is 2.23 bits per heavy atom. The zero-order valence-electron chi connectivity index (χ0n) is 11.9. The van der Waals surface area contributed by atoms with Crippen molar-refractivity contribution in [2.24, 2.45) is 7.05 Å². The lowest BCUT2D eigenvalue weighted by atomic mass is 10.3. The first kappa shape index (κ1) is 17.0. The minimum Gasteiger partial charge on any atom is -0.347 e. The predicted octanol–water partition coefficient (Wildman–Crippen LogP) is 2.33. The molecule has 0 aliphatic heterocycles. The Balaban J connectivity index is 1.87. The standard InChI is InChI=1S/C13H14BrClN4O2S/c1-7(18-13(21)8-3-4-9(14)22-8)12(20)17-6-11-16-5-10(15)19(11)2/h3-5,7H,6H2,1-2H3,(H,17,20)(H,18,21)/t7-/m0/s1. The van der Waals surface area contributed by atoms with Gasteiger partial charge in [-0.15, -0.1) is 11.3 Å². The Morgan fingerprint density at radius 3 is 2.77 bits per heavy atom. The molecule has 2 heterocycles. The molecule has 0 radical (unpaired) electrons. The second-order valence-corrected chi connectivity index (χ2v) is 7.42. The van der Waals surface area contributed by atoms with Gasteiger partial charge in [0.1, 0.15) is 17.0 Å². The van der Waals surface area contributed by atoms with Crippen LogP contribution in [0.1, 0.15) is 22.4 Å². The molecule has 2 amide bonds. The SMILES string of the molecule is C[C@H](NC(=O)c1ccc(Br)s1)C(=O)NCc1ncc(Cl)n1C. The second kappa shape index (κ2) is 7.26. The molecule has 1 atom stereocenters. The van der Waals surface area contributed by atoms with Crippen LogP contribution in [0.2, 0.25) is 5.15 Å². The van der Waals surface area contributed by atoms with Gasteiger partial charge in [0.25, 0.3) is 5.91 Å². The van der Waals surface area contributed by atoms with Gasteiger partial charge in [-0.3, -0.25) is 9.59 Å². The van der Waals surface area contributed by atoms with E-state index in [0.29, 0.717) is 15.9 Å². The van der Waals surface area contributed by atoms with Gasteiger partial charge in [-0.1, -0.05) is 11.6 Å². The summed E-state index contributed by atoms with van der Waals surface area (Å²) in [5.74, 6) is 0.0699. The van der Waals surface area contributed by atoms with Crippen molar-refractivity contribution in [2.45, 2.75) is 19.5 Å². The largest absolute Gasteiger partial charge is 0.347 e. The number of halogens is 2. The van der Waals surface area contributed by atoms with Crippen molar-refractivity contribution in [3.05, 3.63) is 38.0 Å². The van der Waals surface area contributed by atoms with Gasteiger partial charge in [-0.2, -0.15) is 0 Å². The van der Waals surface area contributed by atoms with Crippen LogP contribution in [0, 0.1) is 0 Å². The van der Waals surface area contributed by atoms with E-state index in [1.54, 1.807) is 30.7 Å². The van der Waals surface area contributed by atoms with Gasteiger partial charge in [0.2, 0.25) is 5.91 Å². The number of thiophene rings is 1. The Labute approximate surface area is 145 Å². The van der Waals surface area contributed by atoms with E-state index >= 15 is 0 Å². The Bertz CT molecular complexity index is 700. The maximum atomic E-state index is 12.0.